The first kappa shape index (κ1) is 20.9. The lowest BCUT2D eigenvalue weighted by Crippen LogP contribution is -2.54. The largest absolute Gasteiger partial charge is 0.493 e. The molecule has 4 fully saturated rings. The normalized spacial score (nSPS) is 29.7. The first-order valence-electron chi connectivity index (χ1n) is 12.1. The molecule has 0 saturated heterocycles. The van der Waals surface area contributed by atoms with Crippen LogP contribution in [0.25, 0.3) is 0 Å². The van der Waals surface area contributed by atoms with E-state index in [1.165, 1.54) is 55.2 Å². The molecule has 0 spiro atoms. The maximum absolute atomic E-state index is 6.05. The average Bonchev–Trinajstić information content (AvgIpc) is 2.76. The van der Waals surface area contributed by atoms with Gasteiger partial charge in [-0.05, 0) is 98.8 Å². The van der Waals surface area contributed by atoms with Gasteiger partial charge in [0.25, 0.3) is 0 Å². The van der Waals surface area contributed by atoms with Crippen molar-refractivity contribution in [1.82, 2.24) is 5.32 Å². The molecule has 0 radical (unpaired) electrons. The van der Waals surface area contributed by atoms with Gasteiger partial charge >= 0.3 is 0 Å². The Hall–Kier alpha value is -2.00. The highest BCUT2D eigenvalue weighted by Gasteiger charge is 2.52. The van der Waals surface area contributed by atoms with E-state index in [1.54, 1.807) is 7.11 Å². The van der Waals surface area contributed by atoms with Gasteiger partial charge in [0, 0.05) is 12.6 Å². The van der Waals surface area contributed by atoms with Crippen LogP contribution in [0.15, 0.2) is 42.5 Å². The van der Waals surface area contributed by atoms with E-state index >= 15 is 0 Å². The Morgan fingerprint density at radius 1 is 0.903 bits per heavy atom. The van der Waals surface area contributed by atoms with Crippen LogP contribution in [0, 0.1) is 30.1 Å². The molecular formula is C28H37NO2. The van der Waals surface area contributed by atoms with Crippen molar-refractivity contribution in [1.29, 1.82) is 0 Å². The van der Waals surface area contributed by atoms with Crippen molar-refractivity contribution in [2.45, 2.75) is 71.6 Å². The minimum Gasteiger partial charge on any atom is -0.493 e. The molecule has 2 aromatic carbocycles. The van der Waals surface area contributed by atoms with Crippen LogP contribution in [-0.2, 0) is 13.2 Å². The quantitative estimate of drug-likeness (QED) is 0.546. The first-order valence-corrected chi connectivity index (χ1v) is 12.1. The lowest BCUT2D eigenvalue weighted by molar-refractivity contribution is -0.0706. The van der Waals surface area contributed by atoms with Crippen molar-refractivity contribution in [3.8, 4) is 11.5 Å². The summed E-state index contributed by atoms with van der Waals surface area (Å²) in [5.41, 5.74) is 4.23. The van der Waals surface area contributed by atoms with Crippen LogP contribution in [0.4, 0.5) is 0 Å². The van der Waals surface area contributed by atoms with E-state index < -0.39 is 0 Å². The fourth-order valence-electron chi connectivity index (χ4n) is 6.98. The zero-order chi connectivity index (χ0) is 21.4. The van der Waals surface area contributed by atoms with E-state index in [4.69, 9.17) is 9.47 Å². The number of methoxy groups -OCH3 is 1. The van der Waals surface area contributed by atoms with Gasteiger partial charge in [0.05, 0.1) is 7.11 Å². The number of hydrogen-bond donors (Lipinski definition) is 1. The lowest BCUT2D eigenvalue weighted by Gasteiger charge is -2.59. The van der Waals surface area contributed by atoms with Gasteiger partial charge in [-0.25, -0.2) is 0 Å². The van der Waals surface area contributed by atoms with Crippen molar-refractivity contribution >= 4 is 0 Å². The van der Waals surface area contributed by atoms with Crippen molar-refractivity contribution in [2.75, 3.05) is 7.11 Å². The van der Waals surface area contributed by atoms with Gasteiger partial charge in [-0.3, -0.25) is 0 Å². The summed E-state index contributed by atoms with van der Waals surface area (Å²) in [5.74, 6) is 4.62. The minimum atomic E-state index is 0.538. The molecule has 3 heteroatoms. The van der Waals surface area contributed by atoms with Gasteiger partial charge in [-0.2, -0.15) is 0 Å². The smallest absolute Gasteiger partial charge is 0.161 e. The maximum Gasteiger partial charge on any atom is 0.161 e. The highest BCUT2D eigenvalue weighted by molar-refractivity contribution is 5.43. The number of nitrogens with one attached hydrogen (secondary N) is 1. The molecule has 31 heavy (non-hydrogen) atoms. The molecule has 0 unspecified atom stereocenters. The van der Waals surface area contributed by atoms with Crippen LogP contribution >= 0.6 is 0 Å². The zero-order valence-electron chi connectivity index (χ0n) is 19.3. The summed E-state index contributed by atoms with van der Waals surface area (Å²) >= 11 is 0. The summed E-state index contributed by atoms with van der Waals surface area (Å²) in [6, 6.07) is 15.4. The molecular weight excluding hydrogens is 382 g/mol. The minimum absolute atomic E-state index is 0.538. The Kier molecular flexibility index (Phi) is 5.73. The van der Waals surface area contributed by atoms with Crippen LogP contribution in [0.5, 0.6) is 11.5 Å². The second kappa shape index (κ2) is 8.50. The highest BCUT2D eigenvalue weighted by Crippen LogP contribution is 2.61. The van der Waals surface area contributed by atoms with Crippen LogP contribution in [0.2, 0.25) is 0 Å². The molecule has 0 aromatic heterocycles. The summed E-state index contributed by atoms with van der Waals surface area (Å²) in [4.78, 5) is 0. The molecule has 3 nitrogen and oxygen atoms in total. The topological polar surface area (TPSA) is 30.5 Å². The number of ether oxygens (including phenoxy) is 2. The Morgan fingerprint density at radius 2 is 1.52 bits per heavy atom. The summed E-state index contributed by atoms with van der Waals surface area (Å²) < 4.78 is 11.7. The monoisotopic (exact) mass is 419 g/mol. The molecule has 4 aliphatic rings. The number of rotatable bonds is 8. The molecule has 4 aliphatic carbocycles. The van der Waals surface area contributed by atoms with Gasteiger partial charge in [0.15, 0.2) is 11.5 Å². The van der Waals surface area contributed by atoms with Crippen molar-refractivity contribution in [3.05, 3.63) is 59.2 Å². The summed E-state index contributed by atoms with van der Waals surface area (Å²) in [5, 5.41) is 3.89. The van der Waals surface area contributed by atoms with Gasteiger partial charge in [-0.15, -0.1) is 0 Å². The van der Waals surface area contributed by atoms with E-state index in [0.717, 1.165) is 35.8 Å². The van der Waals surface area contributed by atoms with Gasteiger partial charge in [-0.1, -0.05) is 35.9 Å². The van der Waals surface area contributed by atoms with E-state index in [0.29, 0.717) is 18.1 Å². The fraction of sp³-hybridized carbons (Fsp3) is 0.571. The Labute approximate surface area is 187 Å². The molecule has 166 valence electrons. The molecule has 4 saturated carbocycles. The average molecular weight is 420 g/mol. The lowest BCUT2D eigenvalue weighted by atomic mass is 9.48. The second-order valence-corrected chi connectivity index (χ2v) is 10.6. The molecule has 0 heterocycles. The molecule has 0 amide bonds. The highest BCUT2D eigenvalue weighted by atomic mass is 16.5. The predicted molar refractivity (Wildman–Crippen MR) is 125 cm³/mol. The van der Waals surface area contributed by atoms with Crippen molar-refractivity contribution in [3.63, 3.8) is 0 Å². The SMILES string of the molecule is COc1cc(CN[C@@H](C)C23CC4CC(CC(C4)C2)C3)ccc1OCc1ccc(C)cc1. The summed E-state index contributed by atoms with van der Waals surface area (Å²) in [7, 11) is 1.73. The van der Waals surface area contributed by atoms with E-state index in [-0.39, 0.29) is 0 Å². The summed E-state index contributed by atoms with van der Waals surface area (Å²) in [6.45, 7) is 5.97. The van der Waals surface area contributed by atoms with E-state index in [2.05, 4.69) is 61.6 Å². The van der Waals surface area contributed by atoms with E-state index in [1.807, 2.05) is 0 Å². The van der Waals surface area contributed by atoms with Crippen LogP contribution < -0.4 is 14.8 Å². The number of hydrogen-bond acceptors (Lipinski definition) is 3. The molecule has 1 atom stereocenters. The Balaban J connectivity index is 1.20. The van der Waals surface area contributed by atoms with E-state index in [9.17, 15) is 0 Å². The number of aryl methyl sites for hydroxylation is 1. The third kappa shape index (κ3) is 4.35. The van der Waals surface area contributed by atoms with Crippen molar-refractivity contribution in [2.24, 2.45) is 23.2 Å². The summed E-state index contributed by atoms with van der Waals surface area (Å²) in [6.07, 6.45) is 8.86. The van der Waals surface area contributed by atoms with Gasteiger partial charge in [0.2, 0.25) is 0 Å². The fourth-order valence-corrected chi connectivity index (χ4v) is 6.98. The Bertz CT molecular complexity index is 868. The van der Waals surface area contributed by atoms with Crippen LogP contribution in [-0.4, -0.2) is 13.2 Å². The van der Waals surface area contributed by atoms with Gasteiger partial charge < -0.3 is 14.8 Å². The molecule has 1 N–H and O–H groups in total. The third-order valence-corrected chi connectivity index (χ3v) is 8.36. The molecule has 4 bridgehead atoms. The maximum atomic E-state index is 6.05. The first-order chi connectivity index (χ1) is 15.0. The van der Waals surface area contributed by atoms with Gasteiger partial charge in [0.1, 0.15) is 6.61 Å². The standard InChI is InChI=1S/C28H37NO2/c1-19-4-6-21(7-5-19)18-31-26-9-8-22(13-27(26)30-3)17-29-20(2)28-14-23-10-24(15-28)12-25(11-23)16-28/h4-9,13,20,23-25,29H,10-12,14-18H2,1-3H3/t20-,23?,24?,25?,28?/m0/s1. The molecule has 0 aliphatic heterocycles. The van der Waals surface area contributed by atoms with Crippen LogP contribution in [0.3, 0.4) is 0 Å². The Morgan fingerprint density at radius 3 is 2.13 bits per heavy atom. The molecule has 2 aromatic rings. The van der Waals surface area contributed by atoms with Crippen molar-refractivity contribution < 1.29 is 9.47 Å². The third-order valence-electron chi connectivity index (χ3n) is 8.36. The van der Waals surface area contributed by atoms with Crippen LogP contribution in [0.1, 0.15) is 62.1 Å². The zero-order valence-corrected chi connectivity index (χ0v) is 19.3. The second-order valence-electron chi connectivity index (χ2n) is 10.6. The predicted octanol–water partition coefficient (Wildman–Crippen LogP) is 6.28. The molecule has 6 rings (SSSR count). The number of benzene rings is 2.